The fourth-order valence-corrected chi connectivity index (χ4v) is 1.65. The molecule has 0 bridgehead atoms. The van der Waals surface area contributed by atoms with Crippen molar-refractivity contribution in [2.24, 2.45) is 0 Å². The largest absolute Gasteiger partial charge is 0.342 e. The van der Waals surface area contributed by atoms with Crippen LogP contribution < -0.4 is 5.32 Å². The van der Waals surface area contributed by atoms with Gasteiger partial charge in [-0.3, -0.25) is 0 Å². The first-order chi connectivity index (χ1) is 8.49. The second kappa shape index (κ2) is 4.60. The van der Waals surface area contributed by atoms with Gasteiger partial charge in [0.1, 0.15) is 5.82 Å². The summed E-state index contributed by atoms with van der Waals surface area (Å²) in [7, 11) is 0. The Morgan fingerprint density at radius 1 is 1.33 bits per heavy atom. The van der Waals surface area contributed by atoms with Crippen LogP contribution in [0.3, 0.4) is 0 Å². The molecule has 94 valence electrons. The van der Waals surface area contributed by atoms with E-state index in [1.54, 1.807) is 24.4 Å². The van der Waals surface area contributed by atoms with Gasteiger partial charge in [-0.25, -0.2) is 9.18 Å². The lowest BCUT2D eigenvalue weighted by atomic mass is 9.94. The van der Waals surface area contributed by atoms with Crippen molar-refractivity contribution in [1.29, 1.82) is 0 Å². The van der Waals surface area contributed by atoms with Crippen molar-refractivity contribution < 1.29 is 9.18 Å². The van der Waals surface area contributed by atoms with Crippen LogP contribution in [0.2, 0.25) is 0 Å². The van der Waals surface area contributed by atoms with Gasteiger partial charge in [0.2, 0.25) is 0 Å². The second-order valence-corrected chi connectivity index (χ2v) is 4.51. The van der Waals surface area contributed by atoms with Crippen molar-refractivity contribution in [1.82, 2.24) is 15.1 Å². The highest BCUT2D eigenvalue weighted by atomic mass is 19.1. The molecular formula is C13H14FN3O. The van der Waals surface area contributed by atoms with Crippen molar-refractivity contribution in [2.45, 2.75) is 19.4 Å². The van der Waals surface area contributed by atoms with Crippen molar-refractivity contribution in [3.63, 3.8) is 0 Å². The number of halogens is 1. The molecule has 4 nitrogen and oxygen atoms in total. The number of nitrogens with one attached hydrogen (secondary N) is 1. The number of hydrogen-bond donors (Lipinski definition) is 1. The van der Waals surface area contributed by atoms with Crippen LogP contribution in [0.4, 0.5) is 9.18 Å². The third-order valence-electron chi connectivity index (χ3n) is 2.70. The quantitative estimate of drug-likeness (QED) is 0.886. The Kier molecular flexibility index (Phi) is 3.14. The van der Waals surface area contributed by atoms with E-state index < -0.39 is 5.54 Å². The Labute approximate surface area is 104 Å². The molecule has 0 atom stereocenters. The number of carbonyl (C=O) groups excluding carboxylic acids is 1. The molecule has 0 unspecified atom stereocenters. The van der Waals surface area contributed by atoms with Crippen LogP contribution in [0.1, 0.15) is 19.4 Å². The molecule has 1 aromatic heterocycles. The SMILES string of the molecule is CC(C)(NC(=O)n1cccn1)c1ccc(F)cc1. The van der Waals surface area contributed by atoms with Crippen LogP contribution in [-0.2, 0) is 5.54 Å². The van der Waals surface area contributed by atoms with Crippen LogP contribution >= 0.6 is 0 Å². The Hall–Kier alpha value is -2.17. The predicted octanol–water partition coefficient (Wildman–Crippen LogP) is 2.52. The smallest absolute Gasteiger partial charge is 0.327 e. The van der Waals surface area contributed by atoms with Crippen LogP contribution in [-0.4, -0.2) is 15.8 Å². The maximum absolute atomic E-state index is 12.9. The maximum Gasteiger partial charge on any atom is 0.342 e. The lowest BCUT2D eigenvalue weighted by Gasteiger charge is -2.26. The maximum atomic E-state index is 12.9. The molecule has 1 N–H and O–H groups in total. The molecule has 1 heterocycles. The van der Waals surface area contributed by atoms with E-state index in [1.165, 1.54) is 23.0 Å². The summed E-state index contributed by atoms with van der Waals surface area (Å²) in [6.07, 6.45) is 3.10. The molecule has 1 amide bonds. The molecule has 0 saturated heterocycles. The number of carbonyl (C=O) groups is 1. The highest BCUT2D eigenvalue weighted by Crippen LogP contribution is 2.20. The van der Waals surface area contributed by atoms with E-state index >= 15 is 0 Å². The van der Waals surface area contributed by atoms with Gasteiger partial charge in [-0.2, -0.15) is 9.78 Å². The Morgan fingerprint density at radius 3 is 2.56 bits per heavy atom. The fourth-order valence-electron chi connectivity index (χ4n) is 1.65. The zero-order valence-corrected chi connectivity index (χ0v) is 10.2. The van der Waals surface area contributed by atoms with Gasteiger partial charge >= 0.3 is 6.03 Å². The first-order valence-electron chi connectivity index (χ1n) is 5.57. The van der Waals surface area contributed by atoms with Gasteiger partial charge in [-0.15, -0.1) is 0 Å². The van der Waals surface area contributed by atoms with Gasteiger partial charge in [0, 0.05) is 12.4 Å². The van der Waals surface area contributed by atoms with Crippen molar-refractivity contribution in [3.8, 4) is 0 Å². The summed E-state index contributed by atoms with van der Waals surface area (Å²) in [5.74, 6) is -0.298. The van der Waals surface area contributed by atoms with Crippen molar-refractivity contribution in [3.05, 3.63) is 54.1 Å². The summed E-state index contributed by atoms with van der Waals surface area (Å²) in [4.78, 5) is 11.9. The van der Waals surface area contributed by atoms with E-state index in [-0.39, 0.29) is 11.8 Å². The first kappa shape index (κ1) is 12.3. The minimum Gasteiger partial charge on any atom is -0.327 e. The second-order valence-electron chi connectivity index (χ2n) is 4.51. The molecule has 0 aliphatic carbocycles. The molecule has 0 fully saturated rings. The van der Waals surface area contributed by atoms with E-state index in [9.17, 15) is 9.18 Å². The zero-order chi connectivity index (χ0) is 13.2. The van der Waals surface area contributed by atoms with Gasteiger partial charge in [0.15, 0.2) is 0 Å². The summed E-state index contributed by atoms with van der Waals surface area (Å²) in [5, 5.41) is 6.69. The monoisotopic (exact) mass is 247 g/mol. The lowest BCUT2D eigenvalue weighted by molar-refractivity contribution is 0.228. The molecular weight excluding hydrogens is 233 g/mol. The van der Waals surface area contributed by atoms with Crippen molar-refractivity contribution in [2.75, 3.05) is 0 Å². The van der Waals surface area contributed by atoms with Gasteiger partial charge < -0.3 is 5.32 Å². The lowest BCUT2D eigenvalue weighted by Crippen LogP contribution is -2.43. The molecule has 0 aliphatic rings. The first-order valence-corrected chi connectivity index (χ1v) is 5.57. The van der Waals surface area contributed by atoms with Crippen molar-refractivity contribution >= 4 is 6.03 Å². The average Bonchev–Trinajstić information content (AvgIpc) is 2.82. The third-order valence-corrected chi connectivity index (χ3v) is 2.70. The minimum absolute atomic E-state index is 0.298. The summed E-state index contributed by atoms with van der Waals surface area (Å²) >= 11 is 0. The van der Waals surface area contributed by atoms with Crippen LogP contribution in [0.15, 0.2) is 42.7 Å². The number of hydrogen-bond acceptors (Lipinski definition) is 2. The molecule has 2 aromatic rings. The standard InChI is InChI=1S/C13H14FN3O/c1-13(2,10-4-6-11(14)7-5-10)16-12(18)17-9-3-8-15-17/h3-9H,1-2H3,(H,16,18). The van der Waals surface area contributed by atoms with E-state index in [2.05, 4.69) is 10.4 Å². The molecule has 0 spiro atoms. The Bertz CT molecular complexity index is 532. The molecule has 5 heteroatoms. The number of aromatic nitrogens is 2. The highest BCUT2D eigenvalue weighted by Gasteiger charge is 2.23. The average molecular weight is 247 g/mol. The van der Waals surface area contributed by atoms with E-state index in [0.717, 1.165) is 5.56 Å². The number of amides is 1. The number of benzene rings is 1. The Morgan fingerprint density at radius 2 is 2.00 bits per heavy atom. The molecule has 0 radical (unpaired) electrons. The highest BCUT2D eigenvalue weighted by molar-refractivity contribution is 5.76. The van der Waals surface area contributed by atoms with Gasteiger partial charge in [-0.1, -0.05) is 12.1 Å². The Balaban J connectivity index is 2.16. The fraction of sp³-hybridized carbons (Fsp3) is 0.231. The molecule has 0 saturated carbocycles. The van der Waals surface area contributed by atoms with E-state index in [4.69, 9.17) is 0 Å². The molecule has 2 rings (SSSR count). The molecule has 18 heavy (non-hydrogen) atoms. The van der Waals surface area contributed by atoms with E-state index in [0.29, 0.717) is 0 Å². The van der Waals surface area contributed by atoms with Gasteiger partial charge in [0.05, 0.1) is 5.54 Å². The zero-order valence-electron chi connectivity index (χ0n) is 10.2. The number of nitrogens with zero attached hydrogens (tertiary/aromatic N) is 2. The van der Waals surface area contributed by atoms with Crippen LogP contribution in [0.25, 0.3) is 0 Å². The number of rotatable bonds is 2. The minimum atomic E-state index is -0.600. The van der Waals surface area contributed by atoms with Gasteiger partial charge in [0.25, 0.3) is 0 Å². The van der Waals surface area contributed by atoms with E-state index in [1.807, 2.05) is 13.8 Å². The molecule has 1 aromatic carbocycles. The summed E-state index contributed by atoms with van der Waals surface area (Å²) in [5.41, 5.74) is 0.223. The molecule has 0 aliphatic heterocycles. The predicted molar refractivity (Wildman–Crippen MR) is 65.6 cm³/mol. The topological polar surface area (TPSA) is 46.9 Å². The normalized spacial score (nSPS) is 11.3. The summed E-state index contributed by atoms with van der Waals surface area (Å²) < 4.78 is 14.1. The summed E-state index contributed by atoms with van der Waals surface area (Å²) in [6, 6.07) is 7.39. The summed E-state index contributed by atoms with van der Waals surface area (Å²) in [6.45, 7) is 3.70. The van der Waals surface area contributed by atoms with Crippen LogP contribution in [0, 0.1) is 5.82 Å². The van der Waals surface area contributed by atoms with Gasteiger partial charge in [-0.05, 0) is 37.6 Å². The van der Waals surface area contributed by atoms with Crippen LogP contribution in [0.5, 0.6) is 0 Å². The third kappa shape index (κ3) is 2.56.